The Morgan fingerprint density at radius 2 is 0.511 bits per heavy atom. The Hall–Kier alpha value is -1.94. The van der Waals surface area contributed by atoms with Crippen LogP contribution < -0.4 is 0 Å². The summed E-state index contributed by atoms with van der Waals surface area (Å²) in [5.74, 6) is 0.149. The second-order valence-corrected chi connectivity index (χ2v) is 30.0. The van der Waals surface area contributed by atoms with Crippen molar-refractivity contribution < 1.29 is 80.2 Å². The molecule has 0 heterocycles. The van der Waals surface area contributed by atoms with E-state index in [9.17, 15) is 43.2 Å². The maximum Gasteiger partial charge on any atom is 0.472 e. The molecule has 0 saturated heterocycles. The van der Waals surface area contributed by atoms with E-state index < -0.39 is 97.5 Å². The number of carbonyl (C=O) groups is 4. The van der Waals surface area contributed by atoms with Gasteiger partial charge in [-0.05, 0) is 43.4 Å². The highest BCUT2D eigenvalue weighted by molar-refractivity contribution is 7.47. The largest absolute Gasteiger partial charge is 0.472 e. The molecule has 3 N–H and O–H groups in total. The van der Waals surface area contributed by atoms with Crippen molar-refractivity contribution in [1.82, 2.24) is 0 Å². The van der Waals surface area contributed by atoms with Crippen LogP contribution in [0.2, 0.25) is 0 Å². The van der Waals surface area contributed by atoms with Gasteiger partial charge in [0.15, 0.2) is 12.2 Å². The molecule has 0 rings (SSSR count). The quantitative estimate of drug-likeness (QED) is 0.0222. The fraction of sp³-hybridized carbons (Fsp3) is 0.944. The summed E-state index contributed by atoms with van der Waals surface area (Å²) >= 11 is 0. The van der Waals surface area contributed by atoms with E-state index in [1.54, 1.807) is 0 Å². The SMILES string of the molecule is CCCCCCCCCCCC(=O)OC[C@H](COP(=O)(O)OC[C@H](O)COP(=O)(O)OC[C@@H](COC(=O)CCCCCCCCCCCCCC(C)C)OC(=O)CCCCCCCCCCCCCCCC(C)C)OC(=O)CCCCCCCCCCC(C)C. The van der Waals surface area contributed by atoms with Gasteiger partial charge in [0.25, 0.3) is 0 Å². The van der Waals surface area contributed by atoms with Crippen LogP contribution in [0.25, 0.3) is 0 Å². The molecule has 0 saturated carbocycles. The lowest BCUT2D eigenvalue weighted by Crippen LogP contribution is -2.30. The zero-order valence-electron chi connectivity index (χ0n) is 58.6. The van der Waals surface area contributed by atoms with Crippen LogP contribution >= 0.6 is 15.6 Å². The molecule has 19 heteroatoms. The summed E-state index contributed by atoms with van der Waals surface area (Å²) in [7, 11) is -9.90. The summed E-state index contributed by atoms with van der Waals surface area (Å²) < 4.78 is 68.3. The number of unbranched alkanes of at least 4 members (excludes halogenated alkanes) is 37. The molecule has 0 aliphatic carbocycles. The Morgan fingerprint density at radius 3 is 0.756 bits per heavy atom. The predicted molar refractivity (Wildman–Crippen MR) is 363 cm³/mol. The molecule has 0 aromatic rings. The third kappa shape index (κ3) is 64.8. The van der Waals surface area contributed by atoms with Gasteiger partial charge in [0, 0.05) is 25.7 Å². The first-order valence-electron chi connectivity index (χ1n) is 36.8. The maximum atomic E-state index is 13.0. The zero-order valence-corrected chi connectivity index (χ0v) is 60.4. The Kier molecular flexibility index (Phi) is 60.6. The normalized spacial score (nSPS) is 14.2. The van der Waals surface area contributed by atoms with Crippen LogP contribution in [0, 0.1) is 17.8 Å². The lowest BCUT2D eigenvalue weighted by Gasteiger charge is -2.21. The monoisotopic (exact) mass is 1320 g/mol. The molecule has 2 unspecified atom stereocenters. The minimum Gasteiger partial charge on any atom is -0.462 e. The molecule has 0 bridgehead atoms. The van der Waals surface area contributed by atoms with E-state index in [2.05, 4.69) is 48.5 Å². The average Bonchev–Trinajstić information content (AvgIpc) is 2.96. The lowest BCUT2D eigenvalue weighted by molar-refractivity contribution is -0.161. The number of carbonyl (C=O) groups excluding carboxylic acids is 4. The molecule has 0 amide bonds. The Labute approximate surface area is 549 Å². The van der Waals surface area contributed by atoms with Gasteiger partial charge >= 0.3 is 39.5 Å². The first kappa shape index (κ1) is 88.1. The minimum atomic E-state index is -4.95. The van der Waals surface area contributed by atoms with Gasteiger partial charge in [-0.2, -0.15) is 0 Å². The molecule has 0 radical (unpaired) electrons. The van der Waals surface area contributed by atoms with Crippen molar-refractivity contribution >= 4 is 39.5 Å². The van der Waals surface area contributed by atoms with Crippen molar-refractivity contribution in [3.05, 3.63) is 0 Å². The molecule has 0 aliphatic rings. The summed E-state index contributed by atoms with van der Waals surface area (Å²) in [5, 5.41) is 10.6. The fourth-order valence-electron chi connectivity index (χ4n) is 10.7. The Morgan fingerprint density at radius 1 is 0.300 bits per heavy atom. The van der Waals surface area contributed by atoms with Crippen molar-refractivity contribution in [3.8, 4) is 0 Å². The second kappa shape index (κ2) is 61.9. The Balaban J connectivity index is 5.24. The molecule has 0 aromatic heterocycles. The maximum absolute atomic E-state index is 13.0. The van der Waals surface area contributed by atoms with E-state index in [0.717, 1.165) is 108 Å². The summed E-state index contributed by atoms with van der Waals surface area (Å²) in [6.45, 7) is 11.8. The van der Waals surface area contributed by atoms with Crippen LogP contribution in [0.15, 0.2) is 0 Å². The summed E-state index contributed by atoms with van der Waals surface area (Å²) in [5.41, 5.74) is 0. The first-order chi connectivity index (χ1) is 43.2. The molecule has 0 spiro atoms. The topological polar surface area (TPSA) is 237 Å². The number of ether oxygens (including phenoxy) is 4. The number of aliphatic hydroxyl groups is 1. The van der Waals surface area contributed by atoms with Crippen molar-refractivity contribution in [2.45, 2.75) is 375 Å². The molecular formula is C71H138O17P2. The number of phosphoric ester groups is 2. The molecule has 5 atom stereocenters. The second-order valence-electron chi connectivity index (χ2n) is 27.1. The standard InChI is InChI=1S/C71H138O17P2/c1-8-9-10-11-12-21-31-38-45-52-68(73)81-58-67(88-71(76)55-48-41-34-27-26-30-37-44-51-64(6)7)61-86-90(79,80)84-57-65(72)56-83-89(77,78)85-60-66(59-82-69(74)53-46-39-32-24-20-16-18-23-29-36-43-50-63(4)5)87-70(75)54-47-40-33-25-19-15-13-14-17-22-28-35-42-49-62(2)3/h62-67,72H,8-61H2,1-7H3,(H,77,78)(H,79,80)/t65-,66-,67-/m1/s1. The number of hydrogen-bond donors (Lipinski definition) is 3. The third-order valence-electron chi connectivity index (χ3n) is 16.4. The van der Waals surface area contributed by atoms with Gasteiger partial charge in [-0.15, -0.1) is 0 Å². The van der Waals surface area contributed by atoms with Crippen molar-refractivity contribution in [3.63, 3.8) is 0 Å². The van der Waals surface area contributed by atoms with Gasteiger partial charge in [0.1, 0.15) is 19.3 Å². The van der Waals surface area contributed by atoms with Crippen molar-refractivity contribution in [2.75, 3.05) is 39.6 Å². The number of phosphoric acid groups is 2. The van der Waals surface area contributed by atoms with E-state index in [4.69, 9.17) is 37.0 Å². The molecule has 0 aliphatic heterocycles. The van der Waals surface area contributed by atoms with Gasteiger partial charge in [-0.1, -0.05) is 305 Å². The number of esters is 4. The van der Waals surface area contributed by atoms with E-state index in [0.29, 0.717) is 25.7 Å². The fourth-order valence-corrected chi connectivity index (χ4v) is 12.3. The zero-order chi connectivity index (χ0) is 66.6. The summed E-state index contributed by atoms with van der Waals surface area (Å²) in [6.07, 6.45) is 45.8. The van der Waals surface area contributed by atoms with E-state index >= 15 is 0 Å². The van der Waals surface area contributed by atoms with E-state index in [-0.39, 0.29) is 25.7 Å². The number of aliphatic hydroxyl groups excluding tert-OH is 1. The van der Waals surface area contributed by atoms with Crippen LogP contribution in [-0.4, -0.2) is 96.7 Å². The van der Waals surface area contributed by atoms with Crippen LogP contribution in [-0.2, 0) is 65.4 Å². The predicted octanol–water partition coefficient (Wildman–Crippen LogP) is 20.2. The summed E-state index contributed by atoms with van der Waals surface area (Å²) in [6, 6.07) is 0. The summed E-state index contributed by atoms with van der Waals surface area (Å²) in [4.78, 5) is 72.5. The van der Waals surface area contributed by atoms with Crippen LogP contribution in [0.1, 0.15) is 357 Å². The average molecular weight is 1330 g/mol. The molecular weight excluding hydrogens is 1190 g/mol. The highest BCUT2D eigenvalue weighted by Crippen LogP contribution is 2.45. The van der Waals surface area contributed by atoms with Gasteiger partial charge in [0.05, 0.1) is 26.4 Å². The first-order valence-corrected chi connectivity index (χ1v) is 39.8. The molecule has 0 fully saturated rings. The lowest BCUT2D eigenvalue weighted by atomic mass is 10.0. The highest BCUT2D eigenvalue weighted by Gasteiger charge is 2.30. The number of rotatable bonds is 69. The third-order valence-corrected chi connectivity index (χ3v) is 18.3. The van der Waals surface area contributed by atoms with Gasteiger partial charge in [-0.25, -0.2) is 9.13 Å². The Bertz CT molecular complexity index is 1770. The van der Waals surface area contributed by atoms with Crippen molar-refractivity contribution in [1.29, 1.82) is 0 Å². The molecule has 17 nitrogen and oxygen atoms in total. The van der Waals surface area contributed by atoms with E-state index in [1.165, 1.54) is 167 Å². The van der Waals surface area contributed by atoms with Crippen molar-refractivity contribution in [2.24, 2.45) is 17.8 Å². The van der Waals surface area contributed by atoms with Gasteiger partial charge in [0.2, 0.25) is 0 Å². The van der Waals surface area contributed by atoms with Gasteiger partial charge < -0.3 is 33.8 Å². The molecule has 90 heavy (non-hydrogen) atoms. The van der Waals surface area contributed by atoms with E-state index in [1.807, 2.05) is 0 Å². The van der Waals surface area contributed by atoms with Crippen LogP contribution in [0.3, 0.4) is 0 Å². The van der Waals surface area contributed by atoms with Crippen LogP contribution in [0.5, 0.6) is 0 Å². The highest BCUT2D eigenvalue weighted by atomic mass is 31.2. The molecule has 0 aromatic carbocycles. The smallest absolute Gasteiger partial charge is 0.462 e. The van der Waals surface area contributed by atoms with Gasteiger partial charge in [-0.3, -0.25) is 37.3 Å². The van der Waals surface area contributed by atoms with Crippen LogP contribution in [0.4, 0.5) is 0 Å². The molecule has 534 valence electrons. The minimum absolute atomic E-state index is 0.104. The number of hydrogen-bond acceptors (Lipinski definition) is 15.